The van der Waals surface area contributed by atoms with E-state index in [1.165, 1.54) is 0 Å². The van der Waals surface area contributed by atoms with Crippen LogP contribution >= 0.6 is 0 Å². The smallest absolute Gasteiger partial charge is 0.234 e. The SMILES string of the molecule is CCNC(=O)CN(CC)Cc1ccc(OC)c(CN)c1. The quantitative estimate of drug-likeness (QED) is 0.748. The number of carbonyl (C=O) groups is 1. The number of carbonyl (C=O) groups excluding carboxylic acids is 1. The molecule has 0 aliphatic rings. The first-order chi connectivity index (χ1) is 9.64. The van der Waals surface area contributed by atoms with Crippen molar-refractivity contribution in [1.82, 2.24) is 10.2 Å². The Morgan fingerprint density at radius 1 is 1.40 bits per heavy atom. The molecule has 20 heavy (non-hydrogen) atoms. The molecule has 5 heteroatoms. The van der Waals surface area contributed by atoms with Crippen LogP contribution in [-0.2, 0) is 17.9 Å². The Morgan fingerprint density at radius 2 is 2.15 bits per heavy atom. The number of likely N-dealkylation sites (N-methyl/N-ethyl adjacent to an activating group) is 2. The molecule has 5 nitrogen and oxygen atoms in total. The molecule has 3 N–H and O–H groups in total. The lowest BCUT2D eigenvalue weighted by atomic mass is 10.1. The standard InChI is InChI=1S/C15H25N3O2/c1-4-17-15(19)11-18(5-2)10-12-6-7-14(20-3)13(8-12)9-16/h6-8H,4-5,9-11,16H2,1-3H3,(H,17,19). The van der Waals surface area contributed by atoms with Crippen LogP contribution in [0.3, 0.4) is 0 Å². The monoisotopic (exact) mass is 279 g/mol. The average Bonchev–Trinajstić information content (AvgIpc) is 2.46. The number of nitrogens with zero attached hydrogens (tertiary/aromatic N) is 1. The second-order valence-corrected chi connectivity index (χ2v) is 4.61. The van der Waals surface area contributed by atoms with Gasteiger partial charge in [-0.1, -0.05) is 13.0 Å². The molecule has 0 heterocycles. The van der Waals surface area contributed by atoms with E-state index in [0.29, 0.717) is 19.6 Å². The molecule has 0 aromatic heterocycles. The molecular weight excluding hydrogens is 254 g/mol. The molecule has 1 aromatic carbocycles. The molecule has 0 saturated heterocycles. The fraction of sp³-hybridized carbons (Fsp3) is 0.533. The largest absolute Gasteiger partial charge is 0.496 e. The third kappa shape index (κ3) is 4.83. The lowest BCUT2D eigenvalue weighted by Gasteiger charge is -2.20. The Bertz CT molecular complexity index is 435. The molecule has 0 bridgehead atoms. The molecule has 112 valence electrons. The van der Waals surface area contributed by atoms with Gasteiger partial charge in [0.25, 0.3) is 0 Å². The van der Waals surface area contributed by atoms with E-state index in [-0.39, 0.29) is 5.91 Å². The molecule has 0 radical (unpaired) electrons. The van der Waals surface area contributed by atoms with Crippen LogP contribution in [-0.4, -0.2) is 37.6 Å². The molecule has 0 aliphatic heterocycles. The minimum atomic E-state index is 0.0573. The van der Waals surface area contributed by atoms with E-state index in [4.69, 9.17) is 10.5 Å². The predicted molar refractivity (Wildman–Crippen MR) is 80.5 cm³/mol. The zero-order chi connectivity index (χ0) is 15.0. The van der Waals surface area contributed by atoms with Gasteiger partial charge in [0.2, 0.25) is 5.91 Å². The topological polar surface area (TPSA) is 67.6 Å². The van der Waals surface area contributed by atoms with Gasteiger partial charge in [-0.15, -0.1) is 0 Å². The summed E-state index contributed by atoms with van der Waals surface area (Å²) in [6, 6.07) is 5.98. The summed E-state index contributed by atoms with van der Waals surface area (Å²) in [5, 5.41) is 2.82. The van der Waals surface area contributed by atoms with Gasteiger partial charge < -0.3 is 15.8 Å². The summed E-state index contributed by atoms with van der Waals surface area (Å²) in [5.41, 5.74) is 7.84. The van der Waals surface area contributed by atoms with Crippen LogP contribution in [0.1, 0.15) is 25.0 Å². The summed E-state index contributed by atoms with van der Waals surface area (Å²) < 4.78 is 5.26. The maximum Gasteiger partial charge on any atom is 0.234 e. The van der Waals surface area contributed by atoms with Crippen molar-refractivity contribution >= 4 is 5.91 Å². The second-order valence-electron chi connectivity index (χ2n) is 4.61. The number of hydrogen-bond acceptors (Lipinski definition) is 4. The van der Waals surface area contributed by atoms with Gasteiger partial charge in [0, 0.05) is 25.2 Å². The van der Waals surface area contributed by atoms with E-state index < -0.39 is 0 Å². The number of rotatable bonds is 8. The van der Waals surface area contributed by atoms with Crippen LogP contribution in [0.25, 0.3) is 0 Å². The van der Waals surface area contributed by atoms with Crippen LogP contribution in [0.5, 0.6) is 5.75 Å². The fourth-order valence-electron chi connectivity index (χ4n) is 2.08. The zero-order valence-electron chi connectivity index (χ0n) is 12.6. The summed E-state index contributed by atoms with van der Waals surface area (Å²) in [5.74, 6) is 0.866. The molecule has 0 atom stereocenters. The Labute approximate surface area is 121 Å². The van der Waals surface area contributed by atoms with Crippen molar-refractivity contribution in [3.63, 3.8) is 0 Å². The Morgan fingerprint density at radius 3 is 2.70 bits per heavy atom. The maximum atomic E-state index is 11.6. The number of amides is 1. The lowest BCUT2D eigenvalue weighted by Crippen LogP contribution is -2.36. The highest BCUT2D eigenvalue weighted by molar-refractivity contribution is 5.77. The van der Waals surface area contributed by atoms with Gasteiger partial charge >= 0.3 is 0 Å². The van der Waals surface area contributed by atoms with Crippen LogP contribution < -0.4 is 15.8 Å². The molecule has 0 saturated carbocycles. The summed E-state index contributed by atoms with van der Waals surface area (Å²) in [6.45, 7) is 7.04. The molecule has 1 aromatic rings. The molecular formula is C15H25N3O2. The van der Waals surface area contributed by atoms with Crippen molar-refractivity contribution in [3.8, 4) is 5.75 Å². The van der Waals surface area contributed by atoms with Crippen molar-refractivity contribution in [2.45, 2.75) is 26.9 Å². The van der Waals surface area contributed by atoms with E-state index in [1.807, 2.05) is 32.0 Å². The normalized spacial score (nSPS) is 10.7. The fourth-order valence-corrected chi connectivity index (χ4v) is 2.08. The van der Waals surface area contributed by atoms with Crippen LogP contribution in [0, 0.1) is 0 Å². The summed E-state index contributed by atoms with van der Waals surface area (Å²) in [6.07, 6.45) is 0. The minimum absolute atomic E-state index is 0.0573. The zero-order valence-corrected chi connectivity index (χ0v) is 12.6. The van der Waals surface area contributed by atoms with Crippen molar-refractivity contribution in [2.24, 2.45) is 5.73 Å². The molecule has 0 spiro atoms. The molecule has 0 aliphatic carbocycles. The molecule has 1 amide bonds. The van der Waals surface area contributed by atoms with E-state index in [2.05, 4.69) is 10.2 Å². The van der Waals surface area contributed by atoms with Crippen molar-refractivity contribution in [1.29, 1.82) is 0 Å². The number of benzene rings is 1. The third-order valence-electron chi connectivity index (χ3n) is 3.16. The first-order valence-corrected chi connectivity index (χ1v) is 6.99. The van der Waals surface area contributed by atoms with Crippen molar-refractivity contribution in [2.75, 3.05) is 26.7 Å². The summed E-state index contributed by atoms with van der Waals surface area (Å²) in [7, 11) is 1.64. The van der Waals surface area contributed by atoms with Gasteiger partial charge in [-0.3, -0.25) is 9.69 Å². The van der Waals surface area contributed by atoms with Crippen LogP contribution in [0.15, 0.2) is 18.2 Å². The van der Waals surface area contributed by atoms with Gasteiger partial charge in [-0.05, 0) is 31.2 Å². The van der Waals surface area contributed by atoms with Crippen molar-refractivity contribution < 1.29 is 9.53 Å². The van der Waals surface area contributed by atoms with Crippen LogP contribution in [0.2, 0.25) is 0 Å². The number of methoxy groups -OCH3 is 1. The number of nitrogens with one attached hydrogen (secondary N) is 1. The molecule has 1 rings (SSSR count). The Kier molecular flexibility index (Phi) is 7.04. The first kappa shape index (κ1) is 16.5. The molecule has 0 fully saturated rings. The van der Waals surface area contributed by atoms with Gasteiger partial charge in [0.05, 0.1) is 13.7 Å². The van der Waals surface area contributed by atoms with Gasteiger partial charge in [0.15, 0.2) is 0 Å². The van der Waals surface area contributed by atoms with E-state index >= 15 is 0 Å². The average molecular weight is 279 g/mol. The van der Waals surface area contributed by atoms with Crippen molar-refractivity contribution in [3.05, 3.63) is 29.3 Å². The van der Waals surface area contributed by atoms with Gasteiger partial charge in [-0.2, -0.15) is 0 Å². The number of nitrogens with two attached hydrogens (primary N) is 1. The first-order valence-electron chi connectivity index (χ1n) is 6.99. The third-order valence-corrected chi connectivity index (χ3v) is 3.16. The van der Waals surface area contributed by atoms with E-state index in [9.17, 15) is 4.79 Å². The highest BCUT2D eigenvalue weighted by Gasteiger charge is 2.10. The molecule has 0 unspecified atom stereocenters. The number of hydrogen-bond donors (Lipinski definition) is 2. The van der Waals surface area contributed by atoms with E-state index in [0.717, 1.165) is 30.0 Å². The highest BCUT2D eigenvalue weighted by Crippen LogP contribution is 2.20. The van der Waals surface area contributed by atoms with Gasteiger partial charge in [0.1, 0.15) is 5.75 Å². The summed E-state index contributed by atoms with van der Waals surface area (Å²) in [4.78, 5) is 13.7. The van der Waals surface area contributed by atoms with E-state index in [1.54, 1.807) is 7.11 Å². The highest BCUT2D eigenvalue weighted by atomic mass is 16.5. The Balaban J connectivity index is 2.72. The predicted octanol–water partition coefficient (Wildman–Crippen LogP) is 1.11. The van der Waals surface area contributed by atoms with Gasteiger partial charge in [-0.25, -0.2) is 0 Å². The second kappa shape index (κ2) is 8.55. The lowest BCUT2D eigenvalue weighted by molar-refractivity contribution is -0.122. The Hall–Kier alpha value is -1.59. The number of ether oxygens (including phenoxy) is 1. The summed E-state index contributed by atoms with van der Waals surface area (Å²) >= 11 is 0. The minimum Gasteiger partial charge on any atom is -0.496 e. The maximum absolute atomic E-state index is 11.6. The van der Waals surface area contributed by atoms with Crippen LogP contribution in [0.4, 0.5) is 0 Å².